The summed E-state index contributed by atoms with van der Waals surface area (Å²) in [7, 11) is 0. The van der Waals surface area contributed by atoms with E-state index >= 15 is 0 Å². The van der Waals surface area contributed by atoms with Crippen LogP contribution in [0.15, 0.2) is 24.3 Å². The van der Waals surface area contributed by atoms with Crippen LogP contribution in [0, 0.1) is 0 Å². The second kappa shape index (κ2) is 11.1. The molecule has 102 valence electrons. The van der Waals surface area contributed by atoms with E-state index in [1.54, 1.807) is 0 Å². The van der Waals surface area contributed by atoms with E-state index < -0.39 is 0 Å². The van der Waals surface area contributed by atoms with Crippen LogP contribution in [0.4, 0.5) is 0 Å². The minimum atomic E-state index is 0.298. The summed E-state index contributed by atoms with van der Waals surface area (Å²) in [6, 6.07) is 8.77. The summed E-state index contributed by atoms with van der Waals surface area (Å²) in [6.45, 7) is 2.51. The Morgan fingerprint density at radius 3 is 2.11 bits per heavy atom. The molecule has 1 rings (SSSR count). The third-order valence-corrected chi connectivity index (χ3v) is 5.60. The predicted octanol–water partition coefficient (Wildman–Crippen LogP) is 3.90. The van der Waals surface area contributed by atoms with Gasteiger partial charge in [0.05, 0.1) is 6.61 Å². The predicted molar refractivity (Wildman–Crippen MR) is 88.9 cm³/mol. The molecule has 0 aliphatic carbocycles. The molecule has 0 atom stereocenters. The molecule has 1 aromatic rings. The minimum Gasteiger partial charge on any atom is -0.396 e. The molecule has 0 fully saturated rings. The van der Waals surface area contributed by atoms with Gasteiger partial charge in [-0.1, -0.05) is 31.2 Å². The Morgan fingerprint density at radius 2 is 1.50 bits per heavy atom. The summed E-state index contributed by atoms with van der Waals surface area (Å²) >= 11 is 5.81. The van der Waals surface area contributed by atoms with E-state index in [4.69, 9.17) is 5.11 Å². The van der Waals surface area contributed by atoms with Crippen LogP contribution in [-0.2, 0) is 11.5 Å². The molecule has 0 unspecified atom stereocenters. The van der Waals surface area contributed by atoms with Gasteiger partial charge in [-0.2, -0.15) is 35.3 Å². The number of thioether (sulfide) groups is 3. The highest BCUT2D eigenvalue weighted by Crippen LogP contribution is 2.21. The fourth-order valence-corrected chi connectivity index (χ4v) is 4.15. The van der Waals surface area contributed by atoms with Crippen LogP contribution in [-0.4, -0.2) is 34.7 Å². The van der Waals surface area contributed by atoms with Gasteiger partial charge in [-0.15, -0.1) is 0 Å². The normalized spacial score (nSPS) is 10.8. The smallest absolute Gasteiger partial charge is 0.0521 e. The van der Waals surface area contributed by atoms with Crippen LogP contribution in [0.5, 0.6) is 0 Å². The van der Waals surface area contributed by atoms with E-state index in [0.29, 0.717) is 6.61 Å². The zero-order valence-electron chi connectivity index (χ0n) is 10.9. The standard InChI is InChI=1S/C14H22OS3/c1-2-16-11-13-5-3-4-6-14(13)12-18-10-9-17-8-7-15/h3-6,15H,2,7-12H2,1H3. The van der Waals surface area contributed by atoms with Crippen molar-refractivity contribution in [1.82, 2.24) is 0 Å². The van der Waals surface area contributed by atoms with Crippen LogP contribution in [0.3, 0.4) is 0 Å². The molecular formula is C14H22OS3. The van der Waals surface area contributed by atoms with Crippen LogP contribution < -0.4 is 0 Å². The molecule has 1 N–H and O–H groups in total. The molecule has 0 saturated heterocycles. The number of aliphatic hydroxyl groups is 1. The maximum Gasteiger partial charge on any atom is 0.0521 e. The van der Waals surface area contributed by atoms with Crippen molar-refractivity contribution < 1.29 is 5.11 Å². The zero-order chi connectivity index (χ0) is 13.1. The highest BCUT2D eigenvalue weighted by molar-refractivity contribution is 8.02. The third-order valence-electron chi connectivity index (χ3n) is 2.45. The van der Waals surface area contributed by atoms with Gasteiger partial charge in [-0.05, 0) is 16.9 Å². The first kappa shape index (κ1) is 16.3. The van der Waals surface area contributed by atoms with Crippen molar-refractivity contribution in [3.8, 4) is 0 Å². The van der Waals surface area contributed by atoms with Gasteiger partial charge in [0.15, 0.2) is 0 Å². The van der Waals surface area contributed by atoms with Crippen molar-refractivity contribution in [2.24, 2.45) is 0 Å². The van der Waals surface area contributed by atoms with Gasteiger partial charge < -0.3 is 5.11 Å². The maximum atomic E-state index is 8.69. The topological polar surface area (TPSA) is 20.2 Å². The summed E-state index contributed by atoms with van der Waals surface area (Å²) in [5.41, 5.74) is 2.97. The number of rotatable bonds is 10. The Morgan fingerprint density at radius 1 is 0.889 bits per heavy atom. The van der Waals surface area contributed by atoms with Crippen molar-refractivity contribution >= 4 is 35.3 Å². The fourth-order valence-electron chi connectivity index (χ4n) is 1.52. The molecule has 0 bridgehead atoms. The van der Waals surface area contributed by atoms with Crippen molar-refractivity contribution in [2.45, 2.75) is 18.4 Å². The third kappa shape index (κ3) is 6.98. The molecule has 0 amide bonds. The molecular weight excluding hydrogens is 280 g/mol. The zero-order valence-corrected chi connectivity index (χ0v) is 13.4. The largest absolute Gasteiger partial charge is 0.396 e. The van der Waals surface area contributed by atoms with Gasteiger partial charge >= 0.3 is 0 Å². The molecule has 4 heteroatoms. The number of hydrogen-bond donors (Lipinski definition) is 1. The quantitative estimate of drug-likeness (QED) is 0.661. The molecule has 0 aliphatic rings. The first-order valence-corrected chi connectivity index (χ1v) is 9.75. The second-order valence-corrected chi connectivity index (χ2v) is 7.40. The van der Waals surface area contributed by atoms with E-state index in [1.807, 2.05) is 35.3 Å². The molecule has 1 aromatic carbocycles. The monoisotopic (exact) mass is 302 g/mol. The average molecular weight is 303 g/mol. The first-order chi connectivity index (χ1) is 8.88. The summed E-state index contributed by atoms with van der Waals surface area (Å²) in [4.78, 5) is 0. The number of benzene rings is 1. The second-order valence-electron chi connectivity index (χ2n) is 3.79. The van der Waals surface area contributed by atoms with Gasteiger partial charge in [0.25, 0.3) is 0 Å². The van der Waals surface area contributed by atoms with E-state index in [9.17, 15) is 0 Å². The van der Waals surface area contributed by atoms with E-state index in [2.05, 4.69) is 31.2 Å². The van der Waals surface area contributed by atoms with E-state index in [1.165, 1.54) is 22.6 Å². The van der Waals surface area contributed by atoms with Gasteiger partial charge in [0.1, 0.15) is 0 Å². The van der Waals surface area contributed by atoms with Crippen LogP contribution in [0.2, 0.25) is 0 Å². The van der Waals surface area contributed by atoms with E-state index in [0.717, 1.165) is 23.0 Å². The highest BCUT2D eigenvalue weighted by Gasteiger charge is 2.01. The Kier molecular flexibility index (Phi) is 10.0. The van der Waals surface area contributed by atoms with Gasteiger partial charge in [0.2, 0.25) is 0 Å². The number of hydrogen-bond acceptors (Lipinski definition) is 4. The van der Waals surface area contributed by atoms with Crippen molar-refractivity contribution in [2.75, 3.05) is 29.6 Å². The fraction of sp³-hybridized carbons (Fsp3) is 0.571. The molecule has 18 heavy (non-hydrogen) atoms. The van der Waals surface area contributed by atoms with E-state index in [-0.39, 0.29) is 0 Å². The van der Waals surface area contributed by atoms with Crippen molar-refractivity contribution in [3.05, 3.63) is 35.4 Å². The van der Waals surface area contributed by atoms with Crippen molar-refractivity contribution in [1.29, 1.82) is 0 Å². The minimum absolute atomic E-state index is 0.298. The summed E-state index contributed by atoms with van der Waals surface area (Å²) in [6.07, 6.45) is 0. The molecule has 0 spiro atoms. The molecule has 0 aliphatic heterocycles. The van der Waals surface area contributed by atoms with Gasteiger partial charge in [0, 0.05) is 28.8 Å². The first-order valence-electron chi connectivity index (χ1n) is 6.29. The molecule has 0 saturated carbocycles. The summed E-state index contributed by atoms with van der Waals surface area (Å²) < 4.78 is 0. The lowest BCUT2D eigenvalue weighted by Gasteiger charge is -2.08. The molecule has 1 nitrogen and oxygen atoms in total. The van der Waals surface area contributed by atoms with Gasteiger partial charge in [-0.25, -0.2) is 0 Å². The molecule has 0 radical (unpaired) electrons. The SMILES string of the molecule is CCSCc1ccccc1CSCCSCCO. The van der Waals surface area contributed by atoms with Crippen LogP contribution in [0.25, 0.3) is 0 Å². The Labute approximate surface area is 124 Å². The van der Waals surface area contributed by atoms with Crippen LogP contribution in [0.1, 0.15) is 18.1 Å². The van der Waals surface area contributed by atoms with Crippen LogP contribution >= 0.6 is 35.3 Å². The Balaban J connectivity index is 2.27. The molecule has 0 aromatic heterocycles. The van der Waals surface area contributed by atoms with Crippen molar-refractivity contribution in [3.63, 3.8) is 0 Å². The summed E-state index contributed by atoms with van der Waals surface area (Å²) in [5.74, 6) is 6.59. The molecule has 0 heterocycles. The lowest BCUT2D eigenvalue weighted by Crippen LogP contribution is -1.94. The summed E-state index contributed by atoms with van der Waals surface area (Å²) in [5, 5.41) is 8.69. The number of aliphatic hydroxyl groups excluding tert-OH is 1. The average Bonchev–Trinajstić information content (AvgIpc) is 2.41. The Hall–Kier alpha value is 0.230. The van der Waals surface area contributed by atoms with Gasteiger partial charge in [-0.3, -0.25) is 0 Å². The lowest BCUT2D eigenvalue weighted by atomic mass is 10.1. The lowest BCUT2D eigenvalue weighted by molar-refractivity contribution is 0.322. The maximum absolute atomic E-state index is 8.69. The highest BCUT2D eigenvalue weighted by atomic mass is 32.2. The Bertz CT molecular complexity index is 318.